The number of carbonyl (C=O) groups excluding carboxylic acids is 1. The number of allylic oxidation sites excluding steroid dienone is 1. The van der Waals surface area contributed by atoms with Gasteiger partial charge in [0.15, 0.2) is 0 Å². The van der Waals surface area contributed by atoms with E-state index in [-0.39, 0.29) is 5.97 Å². The zero-order valence-electron chi connectivity index (χ0n) is 21.2. The van der Waals surface area contributed by atoms with E-state index in [1.807, 2.05) is 6.07 Å². The molecule has 0 saturated carbocycles. The van der Waals surface area contributed by atoms with Gasteiger partial charge in [-0.2, -0.15) is 0 Å². The van der Waals surface area contributed by atoms with Gasteiger partial charge >= 0.3 is 5.97 Å². The zero-order valence-corrected chi connectivity index (χ0v) is 22.8. The van der Waals surface area contributed by atoms with Crippen molar-refractivity contribution in [2.75, 3.05) is 43.1 Å². The summed E-state index contributed by atoms with van der Waals surface area (Å²) in [4.78, 5) is 17.7. The summed E-state index contributed by atoms with van der Waals surface area (Å²) < 4.78 is 6.29. The normalized spacial score (nSPS) is 17.5. The molecule has 186 valence electrons. The number of methoxy groups -OCH3 is 1. The topological polar surface area (TPSA) is 32.8 Å². The average molecular weight is 546 g/mol. The Hall–Kier alpha value is -2.79. The van der Waals surface area contributed by atoms with E-state index in [1.165, 1.54) is 84.8 Å². The van der Waals surface area contributed by atoms with E-state index in [0.717, 1.165) is 41.4 Å². The van der Waals surface area contributed by atoms with Crippen LogP contribution in [0.15, 0.2) is 40.9 Å². The molecule has 2 aliphatic heterocycles. The number of anilines is 2. The molecule has 2 fully saturated rings. The zero-order chi connectivity index (χ0) is 24.8. The number of hydrogen-bond donors (Lipinski definition) is 0. The Labute approximate surface area is 222 Å². The summed E-state index contributed by atoms with van der Waals surface area (Å²) in [5.74, 6) is -0.281. The van der Waals surface area contributed by atoms with E-state index < -0.39 is 0 Å². The minimum Gasteiger partial charge on any atom is -0.465 e. The largest absolute Gasteiger partial charge is 0.465 e. The summed E-state index contributed by atoms with van der Waals surface area (Å²) in [6.45, 7) is 6.55. The van der Waals surface area contributed by atoms with E-state index in [2.05, 4.69) is 69.1 Å². The first-order valence-electron chi connectivity index (χ1n) is 13.3. The van der Waals surface area contributed by atoms with Crippen LogP contribution in [0.3, 0.4) is 0 Å². The smallest absolute Gasteiger partial charge is 0.338 e. The predicted octanol–water partition coefficient (Wildman–Crippen LogP) is 7.91. The summed E-state index contributed by atoms with van der Waals surface area (Å²) >= 11 is 3.87. The highest BCUT2D eigenvalue weighted by molar-refractivity contribution is 9.10. The fourth-order valence-corrected chi connectivity index (χ4v) is 6.81. The molecule has 5 heteroatoms. The third-order valence-electron chi connectivity index (χ3n) is 8.12. The predicted molar refractivity (Wildman–Crippen MR) is 154 cm³/mol. The van der Waals surface area contributed by atoms with Crippen molar-refractivity contribution in [1.29, 1.82) is 0 Å². The van der Waals surface area contributed by atoms with E-state index in [0.29, 0.717) is 5.56 Å². The molecule has 3 aromatic rings. The molecule has 3 aliphatic rings. The molecule has 2 heterocycles. The molecule has 3 aromatic carbocycles. The van der Waals surface area contributed by atoms with Gasteiger partial charge in [0.25, 0.3) is 0 Å². The number of nitrogens with zero attached hydrogens (tertiary/aromatic N) is 2. The molecule has 4 nitrogen and oxygen atoms in total. The molecule has 1 aliphatic carbocycles. The Kier molecular flexibility index (Phi) is 6.28. The van der Waals surface area contributed by atoms with Gasteiger partial charge in [-0.3, -0.25) is 0 Å². The molecule has 0 bridgehead atoms. The highest BCUT2D eigenvalue weighted by Gasteiger charge is 2.28. The highest BCUT2D eigenvalue weighted by atomic mass is 79.9. The second-order valence-corrected chi connectivity index (χ2v) is 11.2. The van der Waals surface area contributed by atoms with Crippen LogP contribution in [-0.4, -0.2) is 39.3 Å². The van der Waals surface area contributed by atoms with Crippen LogP contribution < -0.4 is 9.80 Å². The Morgan fingerprint density at radius 3 is 2.22 bits per heavy atom. The molecular weight excluding hydrogens is 512 g/mol. The molecule has 6 rings (SSSR count). The third kappa shape index (κ3) is 3.92. The molecule has 0 aromatic heterocycles. The molecule has 0 radical (unpaired) electrons. The monoisotopic (exact) mass is 544 g/mol. The SMILES string of the molecule is COC(=O)c1ccc(N2CCCCC2)c2cc(-c3cc(Br)c4c(c3N3CCCCC3)C(C)=C4)ccc12. The van der Waals surface area contributed by atoms with Crippen LogP contribution in [0.25, 0.3) is 33.5 Å². The van der Waals surface area contributed by atoms with Crippen molar-refractivity contribution in [3.63, 3.8) is 0 Å². The van der Waals surface area contributed by atoms with Gasteiger partial charge in [-0.05, 0) is 97.9 Å². The Bertz CT molecular complexity index is 1380. The minimum atomic E-state index is -0.281. The lowest BCUT2D eigenvalue weighted by atomic mass is 9.83. The van der Waals surface area contributed by atoms with Gasteiger partial charge in [-0.15, -0.1) is 0 Å². The quantitative estimate of drug-likeness (QED) is 0.312. The summed E-state index contributed by atoms with van der Waals surface area (Å²) in [5.41, 5.74) is 9.76. The van der Waals surface area contributed by atoms with Crippen LogP contribution in [0.2, 0.25) is 0 Å². The second kappa shape index (κ2) is 9.59. The van der Waals surface area contributed by atoms with Crippen molar-refractivity contribution in [1.82, 2.24) is 0 Å². The maximum Gasteiger partial charge on any atom is 0.338 e. The molecule has 0 N–H and O–H groups in total. The molecule has 2 saturated heterocycles. The standard InChI is InChI=1S/C31H33BrN2O2/c1-20-17-26-27(32)19-24(30(29(20)26)34-15-7-4-8-16-34)21-9-10-22-23(31(35)36-2)11-12-28(25(22)18-21)33-13-5-3-6-14-33/h9-12,17-19H,3-8,13-16H2,1-2H3. The van der Waals surface area contributed by atoms with Gasteiger partial charge < -0.3 is 14.5 Å². The lowest BCUT2D eigenvalue weighted by Crippen LogP contribution is -2.31. The van der Waals surface area contributed by atoms with Crippen molar-refractivity contribution in [3.8, 4) is 11.1 Å². The van der Waals surface area contributed by atoms with Crippen LogP contribution in [0, 0.1) is 0 Å². The molecular formula is C31H33BrN2O2. The molecule has 0 spiro atoms. The number of benzene rings is 3. The number of esters is 1. The van der Waals surface area contributed by atoms with Gasteiger partial charge in [0.05, 0.1) is 18.4 Å². The fraction of sp³-hybridized carbons (Fsp3) is 0.387. The summed E-state index contributed by atoms with van der Waals surface area (Å²) in [6, 6.07) is 13.0. The van der Waals surface area contributed by atoms with Gasteiger partial charge in [0.2, 0.25) is 0 Å². The van der Waals surface area contributed by atoms with E-state index in [1.54, 1.807) is 0 Å². The first-order valence-corrected chi connectivity index (χ1v) is 14.1. The van der Waals surface area contributed by atoms with Crippen LogP contribution in [0.4, 0.5) is 11.4 Å². The van der Waals surface area contributed by atoms with E-state index in [4.69, 9.17) is 4.74 Å². The van der Waals surface area contributed by atoms with Gasteiger partial charge in [0.1, 0.15) is 0 Å². The number of halogens is 1. The van der Waals surface area contributed by atoms with Crippen LogP contribution in [0.5, 0.6) is 0 Å². The van der Waals surface area contributed by atoms with Crippen molar-refractivity contribution < 1.29 is 9.53 Å². The van der Waals surface area contributed by atoms with Gasteiger partial charge in [-0.25, -0.2) is 4.79 Å². The lowest BCUT2D eigenvalue weighted by Gasteiger charge is -2.36. The van der Waals surface area contributed by atoms with Crippen molar-refractivity contribution in [2.45, 2.75) is 45.4 Å². The van der Waals surface area contributed by atoms with Gasteiger partial charge in [-0.1, -0.05) is 28.1 Å². The maximum absolute atomic E-state index is 12.6. The first kappa shape index (κ1) is 23.6. The number of carbonyl (C=O) groups is 1. The van der Waals surface area contributed by atoms with Crippen molar-refractivity contribution in [3.05, 3.63) is 57.6 Å². The van der Waals surface area contributed by atoms with Crippen LogP contribution >= 0.6 is 15.9 Å². The number of ether oxygens (including phenoxy) is 1. The third-order valence-corrected chi connectivity index (χ3v) is 8.78. The van der Waals surface area contributed by atoms with Crippen molar-refractivity contribution >= 4 is 55.7 Å². The maximum atomic E-state index is 12.6. The van der Waals surface area contributed by atoms with Crippen LogP contribution in [-0.2, 0) is 4.74 Å². The van der Waals surface area contributed by atoms with Gasteiger partial charge in [0, 0.05) is 52.9 Å². The number of piperidine rings is 2. The highest BCUT2D eigenvalue weighted by Crippen LogP contribution is 2.49. The van der Waals surface area contributed by atoms with Crippen molar-refractivity contribution in [2.24, 2.45) is 0 Å². The Morgan fingerprint density at radius 2 is 1.56 bits per heavy atom. The number of hydrogen-bond acceptors (Lipinski definition) is 4. The summed E-state index contributed by atoms with van der Waals surface area (Å²) in [7, 11) is 1.46. The fourth-order valence-electron chi connectivity index (χ4n) is 6.27. The Morgan fingerprint density at radius 1 is 0.861 bits per heavy atom. The number of fused-ring (bicyclic) bond motifs is 2. The number of rotatable bonds is 4. The Balaban J connectivity index is 1.56. The molecule has 0 atom stereocenters. The lowest BCUT2D eigenvalue weighted by molar-refractivity contribution is 0.0603. The molecule has 0 amide bonds. The summed E-state index contributed by atoms with van der Waals surface area (Å²) in [5, 5.41) is 2.10. The van der Waals surface area contributed by atoms with E-state index >= 15 is 0 Å². The minimum absolute atomic E-state index is 0.281. The average Bonchev–Trinajstić information content (AvgIpc) is 2.92. The second-order valence-electron chi connectivity index (χ2n) is 10.4. The van der Waals surface area contributed by atoms with Crippen LogP contribution in [0.1, 0.15) is 66.9 Å². The molecule has 0 unspecified atom stereocenters. The summed E-state index contributed by atoms with van der Waals surface area (Å²) in [6.07, 6.45) is 9.79. The first-order chi connectivity index (χ1) is 17.6. The van der Waals surface area contributed by atoms with E-state index in [9.17, 15) is 4.79 Å². The molecule has 36 heavy (non-hydrogen) atoms.